The van der Waals surface area contributed by atoms with Gasteiger partial charge in [-0.1, -0.05) is 13.0 Å². The number of halogens is 1. The maximum absolute atomic E-state index is 13.9. The van der Waals surface area contributed by atoms with Gasteiger partial charge >= 0.3 is 0 Å². The number of nitrogens with one attached hydrogen (secondary N) is 1. The van der Waals surface area contributed by atoms with Crippen molar-refractivity contribution >= 4 is 5.91 Å². The predicted molar refractivity (Wildman–Crippen MR) is 66.2 cm³/mol. The maximum Gasteiger partial charge on any atom is 0.254 e. The smallest absolute Gasteiger partial charge is 0.254 e. The summed E-state index contributed by atoms with van der Waals surface area (Å²) in [7, 11) is 1.34. The summed E-state index contributed by atoms with van der Waals surface area (Å²) in [5.41, 5.74) is -0.852. The number of ether oxygens (including phenoxy) is 1. The van der Waals surface area contributed by atoms with Gasteiger partial charge in [-0.2, -0.15) is 0 Å². The van der Waals surface area contributed by atoms with Crippen molar-refractivity contribution in [3.8, 4) is 5.75 Å². The molecule has 2 N–H and O–H groups in total. The number of benzene rings is 1. The Hall–Kier alpha value is -1.62. The average Bonchev–Trinajstić information content (AvgIpc) is 2.38. The number of carbonyl (C=O) groups excluding carboxylic acids is 1. The van der Waals surface area contributed by atoms with Gasteiger partial charge in [0.05, 0.1) is 24.8 Å². The molecule has 4 nitrogen and oxygen atoms in total. The Morgan fingerprint density at radius 2 is 2.22 bits per heavy atom. The highest BCUT2D eigenvalue weighted by atomic mass is 19.1. The van der Waals surface area contributed by atoms with Gasteiger partial charge in [0.25, 0.3) is 5.91 Å². The normalized spacial score (nSPS) is 13.8. The molecule has 1 amide bonds. The highest BCUT2D eigenvalue weighted by Crippen LogP contribution is 2.20. The number of rotatable bonds is 5. The Labute approximate surface area is 106 Å². The molecule has 1 atom stereocenters. The third-order valence-corrected chi connectivity index (χ3v) is 2.97. The van der Waals surface area contributed by atoms with Gasteiger partial charge in [-0.25, -0.2) is 4.39 Å². The van der Waals surface area contributed by atoms with E-state index in [1.807, 2.05) is 6.92 Å². The van der Waals surface area contributed by atoms with Gasteiger partial charge < -0.3 is 15.2 Å². The third kappa shape index (κ3) is 2.98. The van der Waals surface area contributed by atoms with Gasteiger partial charge in [-0.15, -0.1) is 0 Å². The fourth-order valence-corrected chi connectivity index (χ4v) is 1.42. The Balaban J connectivity index is 2.98. The van der Waals surface area contributed by atoms with Gasteiger partial charge in [0.2, 0.25) is 0 Å². The standard InChI is InChI=1S/C13H18FNO3/c1-4-13(2,8-16)15-12(17)9-6-5-7-10(18-3)11(9)14/h5-7,16H,4,8H2,1-3H3,(H,15,17)/t13-/m1/s1. The third-order valence-electron chi connectivity index (χ3n) is 2.97. The first-order chi connectivity index (χ1) is 8.47. The Bertz CT molecular complexity index is 430. The van der Waals surface area contributed by atoms with E-state index in [0.717, 1.165) is 0 Å². The van der Waals surface area contributed by atoms with Crippen molar-refractivity contribution < 1.29 is 19.0 Å². The molecule has 0 aliphatic heterocycles. The molecule has 5 heteroatoms. The van der Waals surface area contributed by atoms with Crippen LogP contribution in [0.5, 0.6) is 5.75 Å². The average molecular weight is 255 g/mol. The number of carbonyl (C=O) groups is 1. The molecule has 0 heterocycles. The number of hydrogen-bond donors (Lipinski definition) is 2. The van der Waals surface area contributed by atoms with Crippen molar-refractivity contribution in [1.82, 2.24) is 5.32 Å². The van der Waals surface area contributed by atoms with Crippen LogP contribution in [0.25, 0.3) is 0 Å². The molecule has 0 radical (unpaired) electrons. The first-order valence-electron chi connectivity index (χ1n) is 5.73. The van der Waals surface area contributed by atoms with Crippen LogP contribution >= 0.6 is 0 Å². The lowest BCUT2D eigenvalue weighted by molar-refractivity contribution is 0.0842. The molecule has 0 aliphatic carbocycles. The van der Waals surface area contributed by atoms with E-state index in [-0.39, 0.29) is 17.9 Å². The number of aliphatic hydroxyl groups is 1. The zero-order valence-electron chi connectivity index (χ0n) is 10.8. The number of hydrogen-bond acceptors (Lipinski definition) is 3. The summed E-state index contributed by atoms with van der Waals surface area (Å²) in [4.78, 5) is 11.9. The topological polar surface area (TPSA) is 58.6 Å². The summed E-state index contributed by atoms with van der Waals surface area (Å²) in [6.45, 7) is 3.32. The molecule has 0 saturated carbocycles. The molecule has 0 aromatic heterocycles. The summed E-state index contributed by atoms with van der Waals surface area (Å²) in [6, 6.07) is 4.36. The van der Waals surface area contributed by atoms with Crippen molar-refractivity contribution in [2.24, 2.45) is 0 Å². The lowest BCUT2D eigenvalue weighted by atomic mass is 9.99. The predicted octanol–water partition coefficient (Wildman–Crippen LogP) is 1.73. The van der Waals surface area contributed by atoms with Crippen molar-refractivity contribution in [2.45, 2.75) is 25.8 Å². The molecule has 1 aromatic rings. The zero-order chi connectivity index (χ0) is 13.8. The lowest BCUT2D eigenvalue weighted by Crippen LogP contribution is -2.48. The maximum atomic E-state index is 13.9. The minimum Gasteiger partial charge on any atom is -0.494 e. The Kier molecular flexibility index (Phi) is 4.67. The number of methoxy groups -OCH3 is 1. The summed E-state index contributed by atoms with van der Waals surface area (Å²) in [5, 5.41) is 11.8. The van der Waals surface area contributed by atoms with Crippen molar-refractivity contribution in [1.29, 1.82) is 0 Å². The van der Waals surface area contributed by atoms with E-state index < -0.39 is 17.3 Å². The zero-order valence-corrected chi connectivity index (χ0v) is 10.8. The van der Waals surface area contributed by atoms with E-state index in [1.54, 1.807) is 13.0 Å². The SMILES string of the molecule is CC[C@](C)(CO)NC(=O)c1cccc(OC)c1F. The molecule has 0 aliphatic rings. The van der Waals surface area contributed by atoms with E-state index in [1.165, 1.54) is 19.2 Å². The largest absolute Gasteiger partial charge is 0.494 e. The van der Waals surface area contributed by atoms with Gasteiger partial charge in [0.15, 0.2) is 11.6 Å². The van der Waals surface area contributed by atoms with Gasteiger partial charge in [0, 0.05) is 0 Å². The van der Waals surface area contributed by atoms with E-state index >= 15 is 0 Å². The van der Waals surface area contributed by atoms with Crippen LogP contribution in [-0.2, 0) is 0 Å². The summed E-state index contributed by atoms with van der Waals surface area (Å²) >= 11 is 0. The molecule has 100 valence electrons. The minimum atomic E-state index is -0.757. The van der Waals surface area contributed by atoms with Crippen molar-refractivity contribution in [3.05, 3.63) is 29.6 Å². The quantitative estimate of drug-likeness (QED) is 0.842. The highest BCUT2D eigenvalue weighted by Gasteiger charge is 2.25. The van der Waals surface area contributed by atoms with Crippen LogP contribution in [0.2, 0.25) is 0 Å². The Morgan fingerprint density at radius 1 is 1.56 bits per heavy atom. The van der Waals surface area contributed by atoms with Crippen LogP contribution in [0, 0.1) is 5.82 Å². The molecule has 1 aromatic carbocycles. The monoisotopic (exact) mass is 255 g/mol. The minimum absolute atomic E-state index is 0.0184. The van der Waals surface area contributed by atoms with Crippen LogP contribution in [0.1, 0.15) is 30.6 Å². The first kappa shape index (κ1) is 14.4. The van der Waals surface area contributed by atoms with Crippen LogP contribution in [0.15, 0.2) is 18.2 Å². The number of amides is 1. The molecule has 0 spiro atoms. The van der Waals surface area contributed by atoms with E-state index in [4.69, 9.17) is 4.74 Å². The molecular weight excluding hydrogens is 237 g/mol. The second kappa shape index (κ2) is 5.82. The molecule has 18 heavy (non-hydrogen) atoms. The summed E-state index contributed by atoms with van der Waals surface area (Å²) < 4.78 is 18.7. The molecule has 0 fully saturated rings. The fraction of sp³-hybridized carbons (Fsp3) is 0.462. The molecule has 1 rings (SSSR count). The molecule has 0 saturated heterocycles. The van der Waals surface area contributed by atoms with Crippen molar-refractivity contribution in [3.63, 3.8) is 0 Å². The van der Waals surface area contributed by atoms with Gasteiger partial charge in [-0.3, -0.25) is 4.79 Å². The summed E-state index contributed by atoms with van der Waals surface area (Å²) in [6.07, 6.45) is 0.542. The summed E-state index contributed by atoms with van der Waals surface area (Å²) in [5.74, 6) is -1.25. The van der Waals surface area contributed by atoms with E-state index in [9.17, 15) is 14.3 Å². The van der Waals surface area contributed by atoms with Crippen LogP contribution in [-0.4, -0.2) is 30.3 Å². The first-order valence-corrected chi connectivity index (χ1v) is 5.73. The lowest BCUT2D eigenvalue weighted by Gasteiger charge is -2.27. The van der Waals surface area contributed by atoms with Crippen LogP contribution < -0.4 is 10.1 Å². The van der Waals surface area contributed by atoms with E-state index in [0.29, 0.717) is 6.42 Å². The van der Waals surface area contributed by atoms with Crippen LogP contribution in [0.4, 0.5) is 4.39 Å². The number of aliphatic hydroxyl groups excluding tert-OH is 1. The van der Waals surface area contributed by atoms with Crippen LogP contribution in [0.3, 0.4) is 0 Å². The second-order valence-electron chi connectivity index (χ2n) is 4.35. The molecule has 0 unspecified atom stereocenters. The van der Waals surface area contributed by atoms with Gasteiger partial charge in [-0.05, 0) is 25.5 Å². The van der Waals surface area contributed by atoms with E-state index in [2.05, 4.69) is 5.32 Å². The molecule has 0 bridgehead atoms. The molecular formula is C13H18FNO3. The fourth-order valence-electron chi connectivity index (χ4n) is 1.42. The highest BCUT2D eigenvalue weighted by molar-refractivity contribution is 5.95. The second-order valence-corrected chi connectivity index (χ2v) is 4.35. The van der Waals surface area contributed by atoms with Crippen molar-refractivity contribution in [2.75, 3.05) is 13.7 Å². The Morgan fingerprint density at radius 3 is 2.72 bits per heavy atom. The van der Waals surface area contributed by atoms with Gasteiger partial charge in [0.1, 0.15) is 0 Å².